The van der Waals surface area contributed by atoms with Gasteiger partial charge in [0.05, 0.1) is 10.6 Å². The van der Waals surface area contributed by atoms with Gasteiger partial charge in [0.25, 0.3) is 5.91 Å². The third-order valence-corrected chi connectivity index (χ3v) is 10.5. The Labute approximate surface area is 250 Å². The maximum atomic E-state index is 13.9. The zero-order chi connectivity index (χ0) is 30.4. The molecule has 3 aromatic carbocycles. The Morgan fingerprint density at radius 3 is 1.88 bits per heavy atom. The van der Waals surface area contributed by atoms with E-state index >= 15 is 0 Å². The van der Waals surface area contributed by atoms with Gasteiger partial charge in [-0.3, -0.25) is 4.79 Å². The van der Waals surface area contributed by atoms with Gasteiger partial charge in [0.15, 0.2) is 0 Å². The number of amides is 1. The summed E-state index contributed by atoms with van der Waals surface area (Å²) in [5, 5.41) is 0. The lowest BCUT2D eigenvalue weighted by molar-refractivity contribution is 0.100. The minimum absolute atomic E-state index is 0.0250. The van der Waals surface area contributed by atoms with Gasteiger partial charge in [-0.2, -0.15) is 4.31 Å². The Morgan fingerprint density at radius 1 is 0.810 bits per heavy atom. The molecular weight excluding hydrogens is 544 g/mol. The number of aliphatic imine (C=N–C) groups is 1. The van der Waals surface area contributed by atoms with Gasteiger partial charge in [0.2, 0.25) is 10.0 Å². The van der Waals surface area contributed by atoms with Gasteiger partial charge in [0, 0.05) is 68.8 Å². The average Bonchev–Trinajstić information content (AvgIpc) is 3.20. The molecule has 2 atom stereocenters. The van der Waals surface area contributed by atoms with Crippen molar-refractivity contribution in [2.24, 2.45) is 15.8 Å². The van der Waals surface area contributed by atoms with Crippen LogP contribution in [0.2, 0.25) is 0 Å². The number of benzene rings is 3. The van der Waals surface area contributed by atoms with E-state index in [1.54, 1.807) is 22.5 Å². The van der Waals surface area contributed by atoms with Crippen LogP contribution in [0.4, 0.5) is 11.4 Å². The van der Waals surface area contributed by atoms with E-state index in [1.165, 1.54) is 6.07 Å². The molecule has 0 radical (unpaired) electrons. The zero-order valence-corrected chi connectivity index (χ0v) is 26.6. The summed E-state index contributed by atoms with van der Waals surface area (Å²) < 4.78 is 29.5. The average molecular weight is 587 g/mol. The molecule has 42 heavy (non-hydrogen) atoms. The van der Waals surface area contributed by atoms with Gasteiger partial charge < -0.3 is 9.80 Å². The lowest BCUT2D eigenvalue weighted by Crippen LogP contribution is -2.37. The largest absolute Gasteiger partial charge is 0.378 e. The molecule has 2 bridgehead atoms. The monoisotopic (exact) mass is 586 g/mol. The van der Waals surface area contributed by atoms with Gasteiger partial charge >= 0.3 is 0 Å². The summed E-state index contributed by atoms with van der Waals surface area (Å²) in [6.45, 7) is 7.16. The SMILES string of the molecule is CN(C)c1ccc(C(=NC(=O)c2cccc(S(=O)(=O)N3CC4(C)CC3CC(C)(C)C4)c2)c2ccc(N(C)C)cc2)cc1. The van der Waals surface area contributed by atoms with Crippen molar-refractivity contribution in [3.05, 3.63) is 89.5 Å². The number of fused-ring (bicyclic) bond motifs is 2. The van der Waals surface area contributed by atoms with Crippen LogP contribution < -0.4 is 9.80 Å². The fourth-order valence-corrected chi connectivity index (χ4v) is 8.73. The summed E-state index contributed by atoms with van der Waals surface area (Å²) in [7, 11) is 4.14. The first kappa shape index (κ1) is 30.0. The zero-order valence-electron chi connectivity index (χ0n) is 25.8. The Balaban J connectivity index is 1.50. The fraction of sp³-hybridized carbons (Fsp3) is 0.412. The van der Waals surface area contributed by atoms with Gasteiger partial charge in [0.1, 0.15) is 0 Å². The summed E-state index contributed by atoms with van der Waals surface area (Å²) in [6.07, 6.45) is 2.72. The van der Waals surface area contributed by atoms with E-state index in [0.717, 1.165) is 41.8 Å². The summed E-state index contributed by atoms with van der Waals surface area (Å²) >= 11 is 0. The van der Waals surface area contributed by atoms with Crippen molar-refractivity contribution in [1.29, 1.82) is 0 Å². The molecule has 1 saturated carbocycles. The molecule has 3 aromatic rings. The van der Waals surface area contributed by atoms with Gasteiger partial charge in [-0.1, -0.05) is 51.1 Å². The molecule has 1 aliphatic heterocycles. The number of nitrogens with zero attached hydrogens (tertiary/aromatic N) is 4. The fourth-order valence-electron chi connectivity index (χ4n) is 6.91. The first-order valence-electron chi connectivity index (χ1n) is 14.5. The predicted octanol–water partition coefficient (Wildman–Crippen LogP) is 6.09. The predicted molar refractivity (Wildman–Crippen MR) is 171 cm³/mol. The number of anilines is 2. The molecule has 0 N–H and O–H groups in total. The second-order valence-electron chi connectivity index (χ2n) is 13.4. The van der Waals surface area contributed by atoms with Crippen LogP contribution >= 0.6 is 0 Å². The van der Waals surface area contributed by atoms with E-state index < -0.39 is 15.9 Å². The smallest absolute Gasteiger partial charge is 0.277 e. The second kappa shape index (κ2) is 11.0. The highest BCUT2D eigenvalue weighted by Gasteiger charge is 2.53. The van der Waals surface area contributed by atoms with Crippen molar-refractivity contribution < 1.29 is 13.2 Å². The molecule has 222 valence electrons. The lowest BCUT2D eigenvalue weighted by Gasteiger charge is -2.39. The summed E-state index contributed by atoms with van der Waals surface area (Å²) in [6, 6.07) is 22.1. The molecule has 1 saturated heterocycles. The molecule has 1 heterocycles. The van der Waals surface area contributed by atoms with Crippen LogP contribution in [0.5, 0.6) is 0 Å². The topological polar surface area (TPSA) is 73.3 Å². The summed E-state index contributed by atoms with van der Waals surface area (Å²) in [5.41, 5.74) is 4.52. The van der Waals surface area contributed by atoms with Crippen molar-refractivity contribution in [2.45, 2.75) is 51.0 Å². The van der Waals surface area contributed by atoms with E-state index in [9.17, 15) is 13.2 Å². The van der Waals surface area contributed by atoms with Gasteiger partial charge in [-0.05, 0) is 72.6 Å². The molecule has 1 amide bonds. The molecule has 5 rings (SSSR count). The summed E-state index contributed by atoms with van der Waals surface area (Å²) in [4.78, 5) is 22.4. The molecule has 0 spiro atoms. The molecule has 2 aliphatic rings. The number of hydrogen-bond acceptors (Lipinski definition) is 5. The molecule has 1 aliphatic carbocycles. The van der Waals surface area contributed by atoms with Crippen molar-refractivity contribution >= 4 is 33.0 Å². The molecule has 2 unspecified atom stereocenters. The number of sulfonamides is 1. The first-order valence-corrected chi connectivity index (χ1v) is 15.9. The summed E-state index contributed by atoms with van der Waals surface area (Å²) in [5.74, 6) is -0.483. The number of carbonyl (C=O) groups is 1. The number of rotatable bonds is 7. The maximum Gasteiger partial charge on any atom is 0.277 e. The Hall–Kier alpha value is -3.49. The minimum Gasteiger partial charge on any atom is -0.378 e. The van der Waals surface area contributed by atoms with Crippen LogP contribution in [0.25, 0.3) is 0 Å². The third-order valence-electron chi connectivity index (χ3n) is 8.58. The highest BCUT2D eigenvalue weighted by Crippen LogP contribution is 2.53. The second-order valence-corrected chi connectivity index (χ2v) is 15.3. The Bertz CT molecular complexity index is 1560. The van der Waals surface area contributed by atoms with Crippen LogP contribution in [0, 0.1) is 10.8 Å². The van der Waals surface area contributed by atoms with Crippen LogP contribution in [-0.2, 0) is 10.0 Å². The van der Waals surface area contributed by atoms with Crippen molar-refractivity contribution in [1.82, 2.24) is 4.31 Å². The van der Waals surface area contributed by atoms with Gasteiger partial charge in [-0.25, -0.2) is 13.4 Å². The molecule has 2 fully saturated rings. The van der Waals surface area contributed by atoms with E-state index in [0.29, 0.717) is 12.3 Å². The molecular formula is C34H42N4O3S. The molecule has 8 heteroatoms. The number of carbonyl (C=O) groups excluding carboxylic acids is 1. The Kier molecular flexibility index (Phi) is 7.83. The quantitative estimate of drug-likeness (QED) is 0.314. The van der Waals surface area contributed by atoms with Crippen LogP contribution in [0.1, 0.15) is 61.5 Å². The lowest BCUT2D eigenvalue weighted by atomic mass is 9.65. The highest BCUT2D eigenvalue weighted by molar-refractivity contribution is 7.89. The van der Waals surface area contributed by atoms with Crippen LogP contribution in [-0.4, -0.2) is 65.1 Å². The normalized spacial score (nSPS) is 21.5. The van der Waals surface area contributed by atoms with Gasteiger partial charge in [-0.15, -0.1) is 0 Å². The highest BCUT2D eigenvalue weighted by atomic mass is 32.2. The molecule has 0 aromatic heterocycles. The van der Waals surface area contributed by atoms with Crippen LogP contribution in [0.15, 0.2) is 82.7 Å². The standard InChI is InChI=1S/C34H42N4O3S/c1-33(2)20-29-21-34(3,22-33)23-38(29)42(40,41)30-10-8-9-26(19-30)32(39)35-31(24-11-15-27(16-12-24)36(4)5)25-13-17-28(18-14-25)37(6)7/h8-19,29H,20-23H2,1-7H3. The minimum atomic E-state index is -3.77. The van der Waals surface area contributed by atoms with Crippen molar-refractivity contribution in [3.63, 3.8) is 0 Å². The van der Waals surface area contributed by atoms with E-state index in [-0.39, 0.29) is 27.3 Å². The first-order chi connectivity index (χ1) is 19.7. The maximum absolute atomic E-state index is 13.9. The Morgan fingerprint density at radius 2 is 1.36 bits per heavy atom. The van der Waals surface area contributed by atoms with E-state index in [1.807, 2.05) is 86.5 Å². The van der Waals surface area contributed by atoms with Crippen LogP contribution in [0.3, 0.4) is 0 Å². The van der Waals surface area contributed by atoms with E-state index in [4.69, 9.17) is 0 Å². The number of hydrogen-bond donors (Lipinski definition) is 0. The van der Waals surface area contributed by atoms with Crippen molar-refractivity contribution in [2.75, 3.05) is 44.5 Å². The molecule has 7 nitrogen and oxygen atoms in total. The van der Waals surface area contributed by atoms with Crippen molar-refractivity contribution in [3.8, 4) is 0 Å². The van der Waals surface area contributed by atoms with E-state index in [2.05, 4.69) is 25.8 Å². The third kappa shape index (κ3) is 6.01.